The zero-order valence-corrected chi connectivity index (χ0v) is 15.5. The van der Waals surface area contributed by atoms with Gasteiger partial charge in [-0.2, -0.15) is 0 Å². The monoisotopic (exact) mass is 346 g/mol. The van der Waals surface area contributed by atoms with Gasteiger partial charge in [0, 0.05) is 38.4 Å². The maximum Gasteiger partial charge on any atom is 0.227 e. The first kappa shape index (κ1) is 18.0. The number of rotatable bonds is 5. The Bertz CT molecular complexity index is 606. The van der Waals surface area contributed by atoms with Crippen molar-refractivity contribution in [3.8, 4) is 0 Å². The molecule has 0 bridgehead atoms. The summed E-state index contributed by atoms with van der Waals surface area (Å²) >= 11 is 0. The van der Waals surface area contributed by atoms with Gasteiger partial charge in [0.05, 0.1) is 12.5 Å². The molecule has 1 aromatic heterocycles. The number of hydrogen-bond donors (Lipinski definition) is 1. The summed E-state index contributed by atoms with van der Waals surface area (Å²) in [7, 11) is 1.82. The van der Waals surface area contributed by atoms with E-state index in [-0.39, 0.29) is 17.7 Å². The van der Waals surface area contributed by atoms with Crippen LogP contribution in [0, 0.1) is 18.8 Å². The highest BCUT2D eigenvalue weighted by molar-refractivity contribution is 5.83. The Morgan fingerprint density at radius 3 is 2.76 bits per heavy atom. The number of aromatic nitrogens is 2. The molecule has 1 atom stereocenters. The fourth-order valence-electron chi connectivity index (χ4n) is 4.14. The second-order valence-electron chi connectivity index (χ2n) is 7.75. The van der Waals surface area contributed by atoms with E-state index in [0.29, 0.717) is 31.8 Å². The molecule has 25 heavy (non-hydrogen) atoms. The summed E-state index contributed by atoms with van der Waals surface area (Å²) in [5.41, 5.74) is 0.998. The predicted molar refractivity (Wildman–Crippen MR) is 95.7 cm³/mol. The van der Waals surface area contributed by atoms with E-state index in [2.05, 4.69) is 9.97 Å². The molecular weight excluding hydrogens is 316 g/mol. The Balaban J connectivity index is 1.55. The number of amides is 2. The molecule has 2 aliphatic rings. The summed E-state index contributed by atoms with van der Waals surface area (Å²) in [4.78, 5) is 36.2. The highest BCUT2D eigenvalue weighted by Crippen LogP contribution is 2.27. The Labute approximate surface area is 150 Å². The van der Waals surface area contributed by atoms with Crippen molar-refractivity contribution in [3.63, 3.8) is 0 Å². The molecule has 138 valence electrons. The lowest BCUT2D eigenvalue weighted by molar-refractivity contribution is -0.143. The first-order chi connectivity index (χ1) is 12.0. The summed E-state index contributed by atoms with van der Waals surface area (Å²) in [6, 6.07) is 0. The van der Waals surface area contributed by atoms with Gasteiger partial charge in [-0.1, -0.05) is 19.3 Å². The number of aryl methyl sites for hydroxylation is 1. The number of piperidine rings is 1. The van der Waals surface area contributed by atoms with Crippen molar-refractivity contribution in [2.24, 2.45) is 11.8 Å². The van der Waals surface area contributed by atoms with Crippen LogP contribution in [-0.4, -0.2) is 51.7 Å². The van der Waals surface area contributed by atoms with E-state index in [0.717, 1.165) is 18.1 Å². The zero-order chi connectivity index (χ0) is 17.8. The minimum absolute atomic E-state index is 0.0812. The molecule has 0 spiro atoms. The number of imidazole rings is 1. The Hall–Kier alpha value is -1.85. The van der Waals surface area contributed by atoms with Crippen molar-refractivity contribution in [1.29, 1.82) is 0 Å². The summed E-state index contributed by atoms with van der Waals surface area (Å²) in [5, 5.41) is 0. The molecule has 1 N–H and O–H groups in total. The number of aromatic amines is 1. The van der Waals surface area contributed by atoms with Crippen molar-refractivity contribution in [2.45, 2.75) is 58.4 Å². The number of hydrogen-bond acceptors (Lipinski definition) is 3. The second kappa shape index (κ2) is 8.02. The van der Waals surface area contributed by atoms with Crippen LogP contribution in [0.2, 0.25) is 0 Å². The fraction of sp³-hybridized carbons (Fsp3) is 0.737. The standard InChI is InChI=1S/C19H30N4O2/c1-14-10-20-17(21-14)13-22(2)19(25)16-8-9-18(24)23(12-16)11-15-6-4-3-5-7-15/h10,15-16H,3-9,11-13H2,1-2H3,(H,20,21). The van der Waals surface area contributed by atoms with E-state index in [1.54, 1.807) is 11.1 Å². The third kappa shape index (κ3) is 4.61. The van der Waals surface area contributed by atoms with Gasteiger partial charge in [0.25, 0.3) is 0 Å². The van der Waals surface area contributed by atoms with Crippen LogP contribution in [0.3, 0.4) is 0 Å². The second-order valence-corrected chi connectivity index (χ2v) is 7.75. The molecule has 3 rings (SSSR count). The largest absolute Gasteiger partial charge is 0.345 e. The quantitative estimate of drug-likeness (QED) is 0.890. The molecule has 0 aromatic carbocycles. The molecule has 1 aliphatic heterocycles. The van der Waals surface area contributed by atoms with Gasteiger partial charge in [-0.15, -0.1) is 0 Å². The van der Waals surface area contributed by atoms with Crippen LogP contribution in [0.4, 0.5) is 0 Å². The number of carbonyl (C=O) groups excluding carboxylic acids is 2. The predicted octanol–water partition coefficient (Wildman–Crippen LogP) is 2.50. The van der Waals surface area contributed by atoms with Gasteiger partial charge >= 0.3 is 0 Å². The highest BCUT2D eigenvalue weighted by atomic mass is 16.2. The highest BCUT2D eigenvalue weighted by Gasteiger charge is 2.33. The summed E-state index contributed by atoms with van der Waals surface area (Å²) in [5.74, 6) is 1.69. The van der Waals surface area contributed by atoms with Crippen LogP contribution in [-0.2, 0) is 16.1 Å². The number of likely N-dealkylation sites (tertiary alicyclic amines) is 1. The number of carbonyl (C=O) groups is 2. The van der Waals surface area contributed by atoms with Crippen LogP contribution in [0.25, 0.3) is 0 Å². The van der Waals surface area contributed by atoms with E-state index in [4.69, 9.17) is 0 Å². The average Bonchev–Trinajstić information content (AvgIpc) is 3.02. The van der Waals surface area contributed by atoms with Crippen LogP contribution in [0.15, 0.2) is 6.20 Å². The van der Waals surface area contributed by atoms with Crippen LogP contribution >= 0.6 is 0 Å². The van der Waals surface area contributed by atoms with Gasteiger partial charge in [-0.3, -0.25) is 9.59 Å². The summed E-state index contributed by atoms with van der Waals surface area (Å²) < 4.78 is 0. The summed E-state index contributed by atoms with van der Waals surface area (Å²) in [6.07, 6.45) is 9.26. The van der Waals surface area contributed by atoms with Gasteiger partial charge in [-0.25, -0.2) is 4.98 Å². The van der Waals surface area contributed by atoms with Gasteiger partial charge in [0.1, 0.15) is 5.82 Å². The maximum absolute atomic E-state index is 12.8. The molecule has 2 amide bonds. The molecular formula is C19H30N4O2. The van der Waals surface area contributed by atoms with Crippen molar-refractivity contribution in [1.82, 2.24) is 19.8 Å². The molecule has 2 heterocycles. The summed E-state index contributed by atoms with van der Waals surface area (Å²) in [6.45, 7) is 3.85. The van der Waals surface area contributed by atoms with Crippen molar-refractivity contribution >= 4 is 11.8 Å². The van der Waals surface area contributed by atoms with Gasteiger partial charge in [0.2, 0.25) is 11.8 Å². The smallest absolute Gasteiger partial charge is 0.227 e. The number of H-pyrrole nitrogens is 1. The fourth-order valence-corrected chi connectivity index (χ4v) is 4.14. The van der Waals surface area contributed by atoms with Gasteiger partial charge in [0.15, 0.2) is 0 Å². The SMILES string of the molecule is Cc1cnc(CN(C)C(=O)C2CCC(=O)N(CC3CCCCC3)C2)[nH]1. The number of nitrogens with one attached hydrogen (secondary N) is 1. The number of nitrogens with zero attached hydrogens (tertiary/aromatic N) is 3. The Morgan fingerprint density at radius 1 is 1.32 bits per heavy atom. The molecule has 1 saturated heterocycles. The van der Waals surface area contributed by atoms with E-state index in [1.807, 2.05) is 18.9 Å². The van der Waals surface area contributed by atoms with Crippen LogP contribution in [0.1, 0.15) is 56.5 Å². The molecule has 1 aromatic rings. The van der Waals surface area contributed by atoms with Crippen LogP contribution in [0.5, 0.6) is 0 Å². The van der Waals surface area contributed by atoms with Crippen molar-refractivity contribution in [2.75, 3.05) is 20.1 Å². The van der Waals surface area contributed by atoms with Crippen molar-refractivity contribution in [3.05, 3.63) is 17.7 Å². The van der Waals surface area contributed by atoms with E-state index in [1.165, 1.54) is 32.1 Å². The molecule has 0 radical (unpaired) electrons. The molecule has 2 fully saturated rings. The first-order valence-electron chi connectivity index (χ1n) is 9.56. The Kier molecular flexibility index (Phi) is 5.76. The van der Waals surface area contributed by atoms with E-state index < -0.39 is 0 Å². The van der Waals surface area contributed by atoms with Gasteiger partial charge in [-0.05, 0) is 32.1 Å². The lowest BCUT2D eigenvalue weighted by Crippen LogP contribution is -2.47. The molecule has 1 aliphatic carbocycles. The first-order valence-corrected chi connectivity index (χ1v) is 9.56. The Morgan fingerprint density at radius 2 is 2.08 bits per heavy atom. The lowest BCUT2D eigenvalue weighted by atomic mass is 9.87. The van der Waals surface area contributed by atoms with E-state index >= 15 is 0 Å². The lowest BCUT2D eigenvalue weighted by Gasteiger charge is -2.36. The van der Waals surface area contributed by atoms with Gasteiger partial charge < -0.3 is 14.8 Å². The minimum atomic E-state index is -0.0812. The molecule has 6 nitrogen and oxygen atoms in total. The average molecular weight is 346 g/mol. The normalized spacial score (nSPS) is 22.2. The molecule has 6 heteroatoms. The third-order valence-electron chi connectivity index (χ3n) is 5.57. The minimum Gasteiger partial charge on any atom is -0.345 e. The van der Waals surface area contributed by atoms with Crippen molar-refractivity contribution < 1.29 is 9.59 Å². The maximum atomic E-state index is 12.8. The molecule has 1 unspecified atom stereocenters. The van der Waals surface area contributed by atoms with Crippen LogP contribution < -0.4 is 0 Å². The topological polar surface area (TPSA) is 69.3 Å². The third-order valence-corrected chi connectivity index (χ3v) is 5.57. The van der Waals surface area contributed by atoms with E-state index in [9.17, 15) is 9.59 Å². The zero-order valence-electron chi connectivity index (χ0n) is 15.5. The molecule has 1 saturated carbocycles.